The molecule has 5 nitrogen and oxygen atoms in total. The van der Waals surface area contributed by atoms with E-state index in [9.17, 15) is 9.18 Å². The maximum atomic E-state index is 14.0. The highest BCUT2D eigenvalue weighted by atomic mass is 19.1. The van der Waals surface area contributed by atoms with Gasteiger partial charge in [-0.1, -0.05) is 29.8 Å². The molecule has 0 aliphatic rings. The number of rotatable bonds is 6. The standard InChI is InChI=1S/C21H22FN3O2/c1-14-8-9-20(27-3)16(12-14)10-11-23-21(26)17-13-24-25(15(17)2)19-7-5-4-6-18(19)22/h4-9,12-13H,10-11H2,1-3H3,(H,23,26). The number of hydrogen-bond donors (Lipinski definition) is 1. The lowest BCUT2D eigenvalue weighted by Crippen LogP contribution is -2.26. The number of benzene rings is 2. The first kappa shape index (κ1) is 18.6. The van der Waals surface area contributed by atoms with Crippen molar-refractivity contribution in [2.75, 3.05) is 13.7 Å². The fourth-order valence-corrected chi connectivity index (χ4v) is 3.01. The smallest absolute Gasteiger partial charge is 0.254 e. The Labute approximate surface area is 157 Å². The minimum atomic E-state index is -0.387. The van der Waals surface area contributed by atoms with E-state index in [1.807, 2.05) is 25.1 Å². The third kappa shape index (κ3) is 4.00. The quantitative estimate of drug-likeness (QED) is 0.724. The van der Waals surface area contributed by atoms with Crippen molar-refractivity contribution >= 4 is 5.91 Å². The molecule has 0 saturated carbocycles. The number of ether oxygens (including phenoxy) is 1. The Bertz CT molecular complexity index is 966. The van der Waals surface area contributed by atoms with E-state index in [2.05, 4.69) is 10.4 Å². The van der Waals surface area contributed by atoms with Gasteiger partial charge >= 0.3 is 0 Å². The Balaban J connectivity index is 1.69. The summed E-state index contributed by atoms with van der Waals surface area (Å²) in [5.74, 6) is 0.183. The molecule has 0 bridgehead atoms. The Morgan fingerprint density at radius 2 is 2.00 bits per heavy atom. The van der Waals surface area contributed by atoms with Crippen LogP contribution in [-0.2, 0) is 6.42 Å². The molecular formula is C21H22FN3O2. The van der Waals surface area contributed by atoms with Crippen LogP contribution in [-0.4, -0.2) is 29.3 Å². The number of aromatic nitrogens is 2. The first-order valence-electron chi connectivity index (χ1n) is 8.72. The first-order valence-corrected chi connectivity index (χ1v) is 8.72. The van der Waals surface area contributed by atoms with E-state index in [1.165, 1.54) is 16.9 Å². The van der Waals surface area contributed by atoms with Crippen LogP contribution in [0.1, 0.15) is 27.2 Å². The lowest BCUT2D eigenvalue weighted by Gasteiger charge is -2.10. The van der Waals surface area contributed by atoms with Crippen LogP contribution in [0.15, 0.2) is 48.7 Å². The molecule has 0 fully saturated rings. The van der Waals surface area contributed by atoms with Crippen molar-refractivity contribution in [3.8, 4) is 11.4 Å². The summed E-state index contributed by atoms with van der Waals surface area (Å²) in [6.45, 7) is 4.23. The van der Waals surface area contributed by atoms with E-state index < -0.39 is 0 Å². The lowest BCUT2D eigenvalue weighted by molar-refractivity contribution is 0.0953. The van der Waals surface area contributed by atoms with E-state index in [-0.39, 0.29) is 11.7 Å². The number of carbonyl (C=O) groups is 1. The van der Waals surface area contributed by atoms with E-state index >= 15 is 0 Å². The zero-order valence-corrected chi connectivity index (χ0v) is 15.6. The topological polar surface area (TPSA) is 56.1 Å². The van der Waals surface area contributed by atoms with Crippen LogP contribution in [0.2, 0.25) is 0 Å². The molecule has 0 atom stereocenters. The van der Waals surface area contributed by atoms with Gasteiger partial charge < -0.3 is 10.1 Å². The van der Waals surface area contributed by atoms with Gasteiger partial charge in [-0.25, -0.2) is 9.07 Å². The molecule has 3 aromatic rings. The predicted molar refractivity (Wildman–Crippen MR) is 102 cm³/mol. The molecule has 0 unspecified atom stereocenters. The molecule has 1 heterocycles. The molecule has 0 aliphatic heterocycles. The lowest BCUT2D eigenvalue weighted by atomic mass is 10.1. The minimum Gasteiger partial charge on any atom is -0.496 e. The van der Waals surface area contributed by atoms with Crippen LogP contribution in [0.4, 0.5) is 4.39 Å². The summed E-state index contributed by atoms with van der Waals surface area (Å²) in [5.41, 5.74) is 3.51. The molecule has 3 rings (SSSR count). The summed E-state index contributed by atoms with van der Waals surface area (Å²) >= 11 is 0. The SMILES string of the molecule is COc1ccc(C)cc1CCNC(=O)c1cnn(-c2ccccc2F)c1C. The Morgan fingerprint density at radius 3 is 2.74 bits per heavy atom. The number of nitrogens with zero attached hydrogens (tertiary/aromatic N) is 2. The summed E-state index contributed by atoms with van der Waals surface area (Å²) < 4.78 is 20.8. The van der Waals surface area contributed by atoms with Crippen molar-refractivity contribution < 1.29 is 13.9 Å². The van der Waals surface area contributed by atoms with E-state index in [0.29, 0.717) is 29.9 Å². The molecule has 0 radical (unpaired) electrons. The van der Waals surface area contributed by atoms with Gasteiger partial charge in [0.1, 0.15) is 17.3 Å². The van der Waals surface area contributed by atoms with Gasteiger partial charge in [0, 0.05) is 6.54 Å². The van der Waals surface area contributed by atoms with Gasteiger partial charge in [-0.15, -0.1) is 0 Å². The van der Waals surface area contributed by atoms with Gasteiger partial charge in [-0.3, -0.25) is 4.79 Å². The first-order chi connectivity index (χ1) is 13.0. The number of hydrogen-bond acceptors (Lipinski definition) is 3. The predicted octanol–water partition coefficient (Wildman–Crippen LogP) is 3.61. The summed E-state index contributed by atoms with van der Waals surface area (Å²) in [4.78, 5) is 12.5. The van der Waals surface area contributed by atoms with E-state index in [1.54, 1.807) is 32.2 Å². The van der Waals surface area contributed by atoms with Gasteiger partial charge in [0.05, 0.1) is 24.6 Å². The molecule has 1 aromatic heterocycles. The van der Waals surface area contributed by atoms with E-state index in [0.717, 1.165) is 16.9 Å². The summed E-state index contributed by atoms with van der Waals surface area (Å²) in [6.07, 6.45) is 2.11. The molecule has 27 heavy (non-hydrogen) atoms. The van der Waals surface area contributed by atoms with Crippen LogP contribution >= 0.6 is 0 Å². The largest absolute Gasteiger partial charge is 0.496 e. The third-order valence-corrected chi connectivity index (χ3v) is 4.45. The summed E-state index contributed by atoms with van der Waals surface area (Å²) in [7, 11) is 1.63. The molecule has 1 N–H and O–H groups in total. The van der Waals surface area contributed by atoms with Crippen LogP contribution in [0.5, 0.6) is 5.75 Å². The number of para-hydroxylation sites is 1. The number of nitrogens with one attached hydrogen (secondary N) is 1. The summed E-state index contributed by atoms with van der Waals surface area (Å²) in [6, 6.07) is 12.3. The summed E-state index contributed by atoms with van der Waals surface area (Å²) in [5, 5.41) is 7.07. The number of methoxy groups -OCH3 is 1. The molecule has 0 saturated heterocycles. The second kappa shape index (κ2) is 8.03. The van der Waals surface area contributed by atoms with Crippen LogP contribution < -0.4 is 10.1 Å². The van der Waals surface area contributed by atoms with Gasteiger partial charge in [-0.2, -0.15) is 5.10 Å². The van der Waals surface area contributed by atoms with Crippen molar-refractivity contribution in [2.45, 2.75) is 20.3 Å². The van der Waals surface area contributed by atoms with Crippen molar-refractivity contribution in [3.05, 3.63) is 76.9 Å². The van der Waals surface area contributed by atoms with Gasteiger partial charge in [0.15, 0.2) is 0 Å². The molecule has 2 aromatic carbocycles. The average molecular weight is 367 g/mol. The number of amides is 1. The van der Waals surface area contributed by atoms with E-state index in [4.69, 9.17) is 4.74 Å². The third-order valence-electron chi connectivity index (χ3n) is 4.45. The van der Waals surface area contributed by atoms with Crippen LogP contribution in [0.25, 0.3) is 5.69 Å². The van der Waals surface area contributed by atoms with Crippen LogP contribution in [0, 0.1) is 19.7 Å². The maximum Gasteiger partial charge on any atom is 0.254 e. The normalized spacial score (nSPS) is 10.7. The fourth-order valence-electron chi connectivity index (χ4n) is 3.01. The van der Waals surface area contributed by atoms with Crippen molar-refractivity contribution in [3.63, 3.8) is 0 Å². The number of aryl methyl sites for hydroxylation is 1. The molecule has 0 spiro atoms. The Hall–Kier alpha value is -3.15. The van der Waals surface area contributed by atoms with Crippen molar-refractivity contribution in [2.24, 2.45) is 0 Å². The zero-order valence-electron chi connectivity index (χ0n) is 15.6. The second-order valence-electron chi connectivity index (χ2n) is 6.33. The number of halogens is 1. The molecule has 0 aliphatic carbocycles. The Kier molecular flexibility index (Phi) is 5.54. The van der Waals surface area contributed by atoms with Crippen molar-refractivity contribution in [1.82, 2.24) is 15.1 Å². The zero-order chi connectivity index (χ0) is 19.4. The van der Waals surface area contributed by atoms with Gasteiger partial charge in [0.2, 0.25) is 0 Å². The molecular weight excluding hydrogens is 345 g/mol. The molecule has 1 amide bonds. The van der Waals surface area contributed by atoms with Gasteiger partial charge in [0.25, 0.3) is 5.91 Å². The van der Waals surface area contributed by atoms with Gasteiger partial charge in [-0.05, 0) is 44.0 Å². The minimum absolute atomic E-state index is 0.235. The Morgan fingerprint density at radius 1 is 1.22 bits per heavy atom. The highest BCUT2D eigenvalue weighted by molar-refractivity contribution is 5.95. The second-order valence-corrected chi connectivity index (χ2v) is 6.33. The number of carbonyl (C=O) groups excluding carboxylic acids is 1. The maximum absolute atomic E-state index is 14.0. The fraction of sp³-hybridized carbons (Fsp3) is 0.238. The highest BCUT2D eigenvalue weighted by Crippen LogP contribution is 2.20. The average Bonchev–Trinajstić information content (AvgIpc) is 3.03. The molecule has 140 valence electrons. The van der Waals surface area contributed by atoms with Crippen LogP contribution in [0.3, 0.4) is 0 Å². The molecule has 6 heteroatoms. The van der Waals surface area contributed by atoms with Crippen molar-refractivity contribution in [1.29, 1.82) is 0 Å². The monoisotopic (exact) mass is 367 g/mol. The highest BCUT2D eigenvalue weighted by Gasteiger charge is 2.16.